The third-order valence-corrected chi connectivity index (χ3v) is 6.15. The Morgan fingerprint density at radius 1 is 1.17 bits per heavy atom. The van der Waals surface area contributed by atoms with Crippen molar-refractivity contribution in [1.82, 2.24) is 24.4 Å². The molecular weight excluding hydrogens is 378 g/mol. The number of rotatable bonds is 5. The number of amides is 1. The highest BCUT2D eigenvalue weighted by Gasteiger charge is 2.42. The van der Waals surface area contributed by atoms with Crippen LogP contribution in [-0.2, 0) is 9.59 Å². The van der Waals surface area contributed by atoms with Gasteiger partial charge in [-0.3, -0.25) is 9.59 Å². The summed E-state index contributed by atoms with van der Waals surface area (Å²) in [6.07, 6.45) is 4.25. The third-order valence-electron chi connectivity index (χ3n) is 6.15. The quantitative estimate of drug-likeness (QED) is 0.542. The molecular formula is C18H25N7O4. The van der Waals surface area contributed by atoms with E-state index < -0.39 is 23.5 Å². The molecule has 2 aromatic rings. The van der Waals surface area contributed by atoms with E-state index in [4.69, 9.17) is 11.5 Å². The lowest BCUT2D eigenvalue weighted by atomic mass is 9.79. The minimum absolute atomic E-state index is 0.000192. The Bertz CT molecular complexity index is 953. The van der Waals surface area contributed by atoms with Crippen molar-refractivity contribution >= 4 is 34.8 Å². The normalized spacial score (nSPS) is 23.7. The van der Waals surface area contributed by atoms with Gasteiger partial charge < -0.3 is 31.1 Å². The first-order chi connectivity index (χ1) is 13.8. The van der Waals surface area contributed by atoms with E-state index in [1.165, 1.54) is 6.33 Å². The van der Waals surface area contributed by atoms with Gasteiger partial charge in [-0.05, 0) is 18.3 Å². The highest BCUT2D eigenvalue weighted by atomic mass is 16.4. The second-order valence-electron chi connectivity index (χ2n) is 8.18. The van der Waals surface area contributed by atoms with Crippen molar-refractivity contribution in [1.29, 1.82) is 0 Å². The second kappa shape index (κ2) is 7.14. The van der Waals surface area contributed by atoms with Crippen molar-refractivity contribution in [2.45, 2.75) is 50.7 Å². The molecule has 11 nitrogen and oxygen atoms in total. The number of likely N-dealkylation sites (tertiary alicyclic amines) is 1. The van der Waals surface area contributed by atoms with Crippen LogP contribution in [0, 0.1) is 5.41 Å². The summed E-state index contributed by atoms with van der Waals surface area (Å²) in [6.45, 7) is 0.445. The summed E-state index contributed by atoms with van der Waals surface area (Å²) in [7, 11) is 0. The average molecular weight is 403 g/mol. The molecule has 2 fully saturated rings. The molecule has 0 spiro atoms. The summed E-state index contributed by atoms with van der Waals surface area (Å²) in [6, 6.07) is -0.448. The molecule has 4 rings (SSSR count). The molecule has 2 aliphatic rings. The molecule has 3 heterocycles. The first-order valence-corrected chi connectivity index (χ1v) is 9.71. The number of fused-ring (bicyclic) bond motifs is 1. The molecule has 1 amide bonds. The van der Waals surface area contributed by atoms with Gasteiger partial charge in [0.15, 0.2) is 11.5 Å². The second-order valence-corrected chi connectivity index (χ2v) is 8.18. The third kappa shape index (κ3) is 3.57. The molecule has 156 valence electrons. The molecule has 6 N–H and O–H groups in total. The van der Waals surface area contributed by atoms with Crippen LogP contribution in [0.5, 0.6) is 0 Å². The molecule has 0 aromatic carbocycles. The molecule has 2 aromatic heterocycles. The number of aliphatic hydroxyl groups excluding tert-OH is 1. The first-order valence-electron chi connectivity index (χ1n) is 9.71. The lowest BCUT2D eigenvalue weighted by Crippen LogP contribution is -2.35. The van der Waals surface area contributed by atoms with Gasteiger partial charge in [0.25, 0.3) is 0 Å². The van der Waals surface area contributed by atoms with Crippen molar-refractivity contribution in [2.24, 2.45) is 5.41 Å². The summed E-state index contributed by atoms with van der Waals surface area (Å²) in [4.78, 5) is 38.1. The minimum atomic E-state index is -0.876. The van der Waals surface area contributed by atoms with Crippen molar-refractivity contribution in [3.63, 3.8) is 0 Å². The number of carbonyl (C=O) groups excluding carboxylic acids is 1. The fourth-order valence-electron chi connectivity index (χ4n) is 4.74. The summed E-state index contributed by atoms with van der Waals surface area (Å²) in [5, 5.41) is 19.9. The SMILES string of the molecule is Nc1nc(N)c2ncn([C@H]3CN(C(=O)CC4(CC(=O)O)CCCC4)C[C@@H]3O)c2n1. The standard InChI is InChI=1S/C18H25N7O4/c19-15-14-16(23-17(20)22-15)25(9-21-14)10-7-24(8-11(10)26)12(27)5-18(6-13(28)29)3-1-2-4-18/h9-11,26H,1-8H2,(H,28,29)(H4,19,20,22,23)/t10-,11-/m0/s1. The molecule has 29 heavy (non-hydrogen) atoms. The van der Waals surface area contributed by atoms with Gasteiger partial charge in [0, 0.05) is 19.5 Å². The predicted octanol–water partition coefficient (Wildman–Crippen LogP) is 0.160. The highest BCUT2D eigenvalue weighted by molar-refractivity contribution is 5.83. The number of β-amino-alcohol motifs (C(OH)–C–C–N with tert-alkyl or cyclic N) is 1. The van der Waals surface area contributed by atoms with Crippen molar-refractivity contribution in [2.75, 3.05) is 24.6 Å². The van der Waals surface area contributed by atoms with E-state index in [0.29, 0.717) is 11.2 Å². The van der Waals surface area contributed by atoms with Crippen LogP contribution >= 0.6 is 0 Å². The maximum absolute atomic E-state index is 13.0. The van der Waals surface area contributed by atoms with Gasteiger partial charge >= 0.3 is 5.97 Å². The lowest BCUT2D eigenvalue weighted by Gasteiger charge is -2.29. The number of hydrogen-bond acceptors (Lipinski definition) is 8. The van der Waals surface area contributed by atoms with E-state index in [1.54, 1.807) is 9.47 Å². The summed E-state index contributed by atoms with van der Waals surface area (Å²) < 4.78 is 1.67. The van der Waals surface area contributed by atoms with Crippen LogP contribution in [0.25, 0.3) is 11.2 Å². The van der Waals surface area contributed by atoms with Gasteiger partial charge in [-0.1, -0.05) is 12.8 Å². The topological polar surface area (TPSA) is 173 Å². The van der Waals surface area contributed by atoms with Crippen molar-refractivity contribution in [3.8, 4) is 0 Å². The summed E-state index contributed by atoms with van der Waals surface area (Å²) >= 11 is 0. The van der Waals surface area contributed by atoms with Crippen LogP contribution < -0.4 is 11.5 Å². The first kappa shape index (κ1) is 19.4. The Labute approximate surface area is 166 Å². The zero-order valence-corrected chi connectivity index (χ0v) is 16.0. The predicted molar refractivity (Wildman–Crippen MR) is 104 cm³/mol. The van der Waals surface area contributed by atoms with Gasteiger partial charge in [0.1, 0.15) is 5.52 Å². The number of aromatic nitrogens is 4. The fraction of sp³-hybridized carbons (Fsp3) is 0.611. The number of anilines is 2. The largest absolute Gasteiger partial charge is 0.481 e. The van der Waals surface area contributed by atoms with E-state index in [2.05, 4.69) is 15.0 Å². The Morgan fingerprint density at radius 2 is 1.90 bits per heavy atom. The van der Waals surface area contributed by atoms with Crippen molar-refractivity contribution < 1.29 is 19.8 Å². The van der Waals surface area contributed by atoms with E-state index in [1.807, 2.05) is 0 Å². The molecule has 0 radical (unpaired) electrons. The number of aliphatic hydroxyl groups is 1. The van der Waals surface area contributed by atoms with Gasteiger partial charge in [-0.2, -0.15) is 9.97 Å². The van der Waals surface area contributed by atoms with E-state index in [0.717, 1.165) is 25.7 Å². The molecule has 1 aliphatic heterocycles. The number of nitrogens with zero attached hydrogens (tertiary/aromatic N) is 5. The Balaban J connectivity index is 1.53. The minimum Gasteiger partial charge on any atom is -0.481 e. The van der Waals surface area contributed by atoms with Gasteiger partial charge in [-0.25, -0.2) is 4.98 Å². The van der Waals surface area contributed by atoms with Crippen LogP contribution in [0.2, 0.25) is 0 Å². The average Bonchev–Trinajstić information content (AvgIpc) is 3.33. The van der Waals surface area contributed by atoms with Gasteiger partial charge in [0.2, 0.25) is 11.9 Å². The van der Waals surface area contributed by atoms with E-state index >= 15 is 0 Å². The summed E-state index contributed by atoms with van der Waals surface area (Å²) in [5.41, 5.74) is 11.8. The Morgan fingerprint density at radius 3 is 2.59 bits per heavy atom. The van der Waals surface area contributed by atoms with Crippen LogP contribution in [0.4, 0.5) is 11.8 Å². The number of carboxylic acid groups (broad SMARTS) is 1. The van der Waals surface area contributed by atoms with E-state index in [-0.39, 0.29) is 43.6 Å². The molecule has 0 unspecified atom stereocenters. The van der Waals surface area contributed by atoms with Crippen LogP contribution in [0.1, 0.15) is 44.6 Å². The van der Waals surface area contributed by atoms with Gasteiger partial charge in [-0.15, -0.1) is 0 Å². The smallest absolute Gasteiger partial charge is 0.303 e. The summed E-state index contributed by atoms with van der Waals surface area (Å²) in [5.74, 6) is -0.843. The zero-order valence-electron chi connectivity index (χ0n) is 16.0. The number of imidazole rings is 1. The van der Waals surface area contributed by atoms with Crippen molar-refractivity contribution in [3.05, 3.63) is 6.33 Å². The van der Waals surface area contributed by atoms with Crippen LogP contribution in [-0.4, -0.2) is 65.7 Å². The number of nitrogens with two attached hydrogens (primary N) is 2. The number of aliphatic carboxylic acids is 1. The highest BCUT2D eigenvalue weighted by Crippen LogP contribution is 2.44. The number of carbonyl (C=O) groups is 2. The molecule has 1 saturated carbocycles. The molecule has 2 atom stereocenters. The lowest BCUT2D eigenvalue weighted by molar-refractivity contribution is -0.141. The molecule has 1 saturated heterocycles. The number of nitrogen functional groups attached to an aromatic ring is 2. The zero-order chi connectivity index (χ0) is 20.8. The van der Waals surface area contributed by atoms with Gasteiger partial charge in [0.05, 0.1) is 24.9 Å². The molecule has 11 heteroatoms. The maximum atomic E-state index is 13.0. The number of hydrogen-bond donors (Lipinski definition) is 4. The molecule has 1 aliphatic carbocycles. The Kier molecular flexibility index (Phi) is 4.77. The van der Waals surface area contributed by atoms with Crippen LogP contribution in [0.3, 0.4) is 0 Å². The van der Waals surface area contributed by atoms with Crippen LogP contribution in [0.15, 0.2) is 6.33 Å². The molecule has 0 bridgehead atoms. The monoisotopic (exact) mass is 403 g/mol. The van der Waals surface area contributed by atoms with E-state index in [9.17, 15) is 19.8 Å². The fourth-order valence-corrected chi connectivity index (χ4v) is 4.74. The Hall–Kier alpha value is -2.95. The maximum Gasteiger partial charge on any atom is 0.303 e. The number of carboxylic acids is 1.